The van der Waals surface area contributed by atoms with Crippen molar-refractivity contribution >= 4 is 0 Å². The monoisotopic (exact) mass is 171 g/mol. The van der Waals surface area contributed by atoms with Gasteiger partial charge in [-0.1, -0.05) is 26.7 Å². The largest absolute Gasteiger partial charge is 0.389 e. The van der Waals surface area contributed by atoms with Crippen LogP contribution in [0.4, 0.5) is 0 Å². The molecule has 0 aliphatic heterocycles. The van der Waals surface area contributed by atoms with Crippen LogP contribution in [0, 0.1) is 0 Å². The Bertz CT molecular complexity index is 143. The highest BCUT2D eigenvalue weighted by atomic mass is 16.3. The van der Waals surface area contributed by atoms with E-state index < -0.39 is 5.60 Å². The maximum absolute atomic E-state index is 10.0. The molecule has 0 aromatic carbocycles. The summed E-state index contributed by atoms with van der Waals surface area (Å²) in [6.45, 7) is 6.21. The lowest BCUT2D eigenvalue weighted by molar-refractivity contribution is -0.0126. The molecule has 1 aliphatic rings. The van der Waals surface area contributed by atoms with Crippen LogP contribution in [0.25, 0.3) is 0 Å². The molecule has 0 bridgehead atoms. The van der Waals surface area contributed by atoms with E-state index in [2.05, 4.69) is 19.2 Å². The van der Waals surface area contributed by atoms with Crippen LogP contribution in [-0.4, -0.2) is 22.8 Å². The van der Waals surface area contributed by atoms with Crippen LogP contribution < -0.4 is 5.32 Å². The highest BCUT2D eigenvalue weighted by Crippen LogP contribution is 2.28. The van der Waals surface area contributed by atoms with Gasteiger partial charge in [-0.25, -0.2) is 0 Å². The predicted octanol–water partition coefficient (Wildman–Crippen LogP) is 1.68. The zero-order valence-electron chi connectivity index (χ0n) is 8.43. The zero-order chi connectivity index (χ0) is 9.19. The van der Waals surface area contributed by atoms with E-state index in [1.165, 1.54) is 12.8 Å². The van der Waals surface area contributed by atoms with E-state index in [0.29, 0.717) is 12.1 Å². The number of hydrogen-bond acceptors (Lipinski definition) is 2. The van der Waals surface area contributed by atoms with E-state index in [9.17, 15) is 5.11 Å². The van der Waals surface area contributed by atoms with E-state index in [-0.39, 0.29) is 0 Å². The van der Waals surface area contributed by atoms with E-state index in [1.807, 2.05) is 6.92 Å². The third kappa shape index (κ3) is 2.46. The molecule has 0 radical (unpaired) electrons. The third-order valence-corrected chi connectivity index (χ3v) is 2.71. The fraction of sp³-hybridized carbons (Fsp3) is 1.00. The number of nitrogens with one attached hydrogen (secondary N) is 1. The van der Waals surface area contributed by atoms with Crippen LogP contribution in [0.5, 0.6) is 0 Å². The molecule has 0 spiro atoms. The Hall–Kier alpha value is -0.0800. The predicted molar refractivity (Wildman–Crippen MR) is 51.2 cm³/mol. The molecule has 1 rings (SSSR count). The Morgan fingerprint density at radius 1 is 1.42 bits per heavy atom. The Morgan fingerprint density at radius 3 is 2.58 bits per heavy atom. The van der Waals surface area contributed by atoms with E-state index in [4.69, 9.17) is 0 Å². The van der Waals surface area contributed by atoms with E-state index in [0.717, 1.165) is 12.8 Å². The highest BCUT2D eigenvalue weighted by Gasteiger charge is 2.34. The van der Waals surface area contributed by atoms with E-state index in [1.54, 1.807) is 0 Å². The zero-order valence-corrected chi connectivity index (χ0v) is 8.43. The molecule has 1 fully saturated rings. The molecule has 0 aromatic rings. The topological polar surface area (TPSA) is 32.3 Å². The summed E-state index contributed by atoms with van der Waals surface area (Å²) in [5.41, 5.74) is -0.484. The van der Waals surface area contributed by atoms with Gasteiger partial charge in [-0.3, -0.25) is 0 Å². The van der Waals surface area contributed by atoms with Gasteiger partial charge in [0, 0.05) is 12.1 Å². The third-order valence-electron chi connectivity index (χ3n) is 2.71. The second-order valence-corrected chi connectivity index (χ2v) is 4.48. The Morgan fingerprint density at radius 2 is 2.08 bits per heavy atom. The molecule has 2 atom stereocenters. The molecular formula is C10H21NO. The van der Waals surface area contributed by atoms with Gasteiger partial charge in [-0.05, 0) is 19.8 Å². The summed E-state index contributed by atoms with van der Waals surface area (Å²) in [7, 11) is 0. The summed E-state index contributed by atoms with van der Waals surface area (Å²) >= 11 is 0. The molecule has 72 valence electrons. The molecule has 0 aromatic heterocycles. The van der Waals surface area contributed by atoms with Gasteiger partial charge in [0.15, 0.2) is 0 Å². The summed E-state index contributed by atoms with van der Waals surface area (Å²) in [5.74, 6) is 0. The van der Waals surface area contributed by atoms with Crippen molar-refractivity contribution in [1.82, 2.24) is 5.32 Å². The number of hydrogen-bond donors (Lipinski definition) is 2. The second kappa shape index (κ2) is 3.75. The molecule has 2 nitrogen and oxygen atoms in total. The fourth-order valence-electron chi connectivity index (χ4n) is 1.98. The minimum absolute atomic E-state index is 0.297. The van der Waals surface area contributed by atoms with Crippen LogP contribution in [0.2, 0.25) is 0 Å². The first kappa shape index (κ1) is 10.0. The van der Waals surface area contributed by atoms with Crippen molar-refractivity contribution in [3.05, 3.63) is 0 Å². The Balaban J connectivity index is 2.48. The molecule has 0 amide bonds. The Labute approximate surface area is 75.4 Å². The summed E-state index contributed by atoms with van der Waals surface area (Å²) in [6, 6.07) is 0.769. The second-order valence-electron chi connectivity index (χ2n) is 4.48. The first-order chi connectivity index (χ1) is 5.52. The molecule has 0 saturated heterocycles. The minimum Gasteiger partial charge on any atom is -0.389 e. The smallest absolute Gasteiger partial charge is 0.0772 e. The van der Waals surface area contributed by atoms with E-state index >= 15 is 0 Å². The minimum atomic E-state index is -0.484. The number of aliphatic hydroxyl groups is 1. The van der Waals surface area contributed by atoms with Crippen molar-refractivity contribution in [3.63, 3.8) is 0 Å². The molecule has 12 heavy (non-hydrogen) atoms. The first-order valence-corrected chi connectivity index (χ1v) is 5.01. The lowest BCUT2D eigenvalue weighted by Crippen LogP contribution is -2.52. The molecule has 2 heteroatoms. The average molecular weight is 171 g/mol. The van der Waals surface area contributed by atoms with Gasteiger partial charge < -0.3 is 10.4 Å². The summed E-state index contributed by atoms with van der Waals surface area (Å²) < 4.78 is 0. The molecule has 1 saturated carbocycles. The molecule has 2 N–H and O–H groups in total. The van der Waals surface area contributed by atoms with Gasteiger partial charge in [0.2, 0.25) is 0 Å². The van der Waals surface area contributed by atoms with Crippen LogP contribution in [0.3, 0.4) is 0 Å². The standard InChI is InChI=1S/C10H21NO/c1-8(2)11-9-6-4-5-7-10(9,3)12/h8-9,11-12H,4-7H2,1-3H3/t9-,10?/m0/s1. The molecule has 1 unspecified atom stereocenters. The summed E-state index contributed by atoms with van der Waals surface area (Å²) in [4.78, 5) is 0. The van der Waals surface area contributed by atoms with Crippen LogP contribution in [0.1, 0.15) is 46.5 Å². The fourth-order valence-corrected chi connectivity index (χ4v) is 1.98. The van der Waals surface area contributed by atoms with Gasteiger partial charge in [-0.2, -0.15) is 0 Å². The lowest BCUT2D eigenvalue weighted by atomic mass is 9.81. The summed E-state index contributed by atoms with van der Waals surface area (Å²) in [5, 5.41) is 13.4. The Kier molecular flexibility index (Phi) is 3.13. The quantitative estimate of drug-likeness (QED) is 0.662. The maximum atomic E-state index is 10.0. The van der Waals surface area contributed by atoms with Crippen molar-refractivity contribution in [1.29, 1.82) is 0 Å². The average Bonchev–Trinajstić information content (AvgIpc) is 1.92. The van der Waals surface area contributed by atoms with Crippen molar-refractivity contribution in [2.24, 2.45) is 0 Å². The van der Waals surface area contributed by atoms with Gasteiger partial charge in [-0.15, -0.1) is 0 Å². The molecular weight excluding hydrogens is 150 g/mol. The van der Waals surface area contributed by atoms with Gasteiger partial charge in [0.05, 0.1) is 5.60 Å². The molecule has 1 aliphatic carbocycles. The van der Waals surface area contributed by atoms with Crippen LogP contribution >= 0.6 is 0 Å². The van der Waals surface area contributed by atoms with Gasteiger partial charge >= 0.3 is 0 Å². The van der Waals surface area contributed by atoms with Crippen LogP contribution in [0.15, 0.2) is 0 Å². The van der Waals surface area contributed by atoms with Crippen molar-refractivity contribution in [2.45, 2.75) is 64.1 Å². The lowest BCUT2D eigenvalue weighted by Gasteiger charge is -2.38. The van der Waals surface area contributed by atoms with Crippen molar-refractivity contribution in [2.75, 3.05) is 0 Å². The van der Waals surface area contributed by atoms with Crippen molar-refractivity contribution in [3.8, 4) is 0 Å². The van der Waals surface area contributed by atoms with Crippen molar-refractivity contribution < 1.29 is 5.11 Å². The molecule has 0 heterocycles. The maximum Gasteiger partial charge on any atom is 0.0772 e. The SMILES string of the molecule is CC(C)N[C@H]1CCCCC1(C)O. The number of rotatable bonds is 2. The van der Waals surface area contributed by atoms with Crippen LogP contribution in [-0.2, 0) is 0 Å². The first-order valence-electron chi connectivity index (χ1n) is 5.01. The van der Waals surface area contributed by atoms with Gasteiger partial charge in [0.1, 0.15) is 0 Å². The normalized spacial score (nSPS) is 37.2. The van der Waals surface area contributed by atoms with Gasteiger partial charge in [0.25, 0.3) is 0 Å². The highest BCUT2D eigenvalue weighted by molar-refractivity contribution is 4.91. The summed E-state index contributed by atoms with van der Waals surface area (Å²) in [6.07, 6.45) is 4.48.